The number of ketones is 1. The van der Waals surface area contributed by atoms with Crippen LogP contribution in [0.2, 0.25) is 0 Å². The second-order valence-corrected chi connectivity index (χ2v) is 6.58. The quantitative estimate of drug-likeness (QED) is 0.853. The van der Waals surface area contributed by atoms with E-state index in [1.165, 1.54) is 0 Å². The van der Waals surface area contributed by atoms with E-state index in [1.54, 1.807) is 7.11 Å². The molecule has 1 aromatic rings. The van der Waals surface area contributed by atoms with Crippen LogP contribution in [0.1, 0.15) is 24.8 Å². The summed E-state index contributed by atoms with van der Waals surface area (Å²) in [5, 5.41) is 0. The second kappa shape index (κ2) is 5.89. The molecule has 124 valence electrons. The molecular weight excluding hydrogens is 296 g/mol. The van der Waals surface area contributed by atoms with E-state index in [1.807, 2.05) is 24.3 Å². The average Bonchev–Trinajstić information content (AvgIpc) is 3.04. The average molecular weight is 318 g/mol. The van der Waals surface area contributed by atoms with Gasteiger partial charge >= 0.3 is 0 Å². The Morgan fingerprint density at radius 1 is 1.17 bits per heavy atom. The maximum atomic E-state index is 12.6. The van der Waals surface area contributed by atoms with Crippen LogP contribution in [0, 0.1) is 11.8 Å². The summed E-state index contributed by atoms with van der Waals surface area (Å²) in [4.78, 5) is 12.6. The standard InChI is InChI=1S/C18H22O5/c1-20-14-5-2-12(3-6-14)11-21-17-15-7-4-13(16(17)19)10-18(15)22-8-9-23-18/h2-3,5-6,13,15,17H,4,7-11H2,1H3/t13-,15-,17+/m0/s1. The van der Waals surface area contributed by atoms with E-state index in [-0.39, 0.29) is 17.6 Å². The monoisotopic (exact) mass is 318 g/mol. The third kappa shape index (κ3) is 2.57. The first kappa shape index (κ1) is 15.1. The Hall–Kier alpha value is -1.43. The maximum absolute atomic E-state index is 12.6. The summed E-state index contributed by atoms with van der Waals surface area (Å²) in [6, 6.07) is 7.72. The van der Waals surface area contributed by atoms with Crippen LogP contribution >= 0.6 is 0 Å². The van der Waals surface area contributed by atoms with Crippen molar-refractivity contribution in [1.29, 1.82) is 0 Å². The van der Waals surface area contributed by atoms with Crippen molar-refractivity contribution in [2.45, 2.75) is 37.8 Å². The van der Waals surface area contributed by atoms with Gasteiger partial charge in [-0.25, -0.2) is 0 Å². The molecule has 5 rings (SSSR count). The summed E-state index contributed by atoms with van der Waals surface area (Å²) in [5.74, 6) is 0.481. The fraction of sp³-hybridized carbons (Fsp3) is 0.611. The van der Waals surface area contributed by atoms with E-state index >= 15 is 0 Å². The summed E-state index contributed by atoms with van der Waals surface area (Å²) in [6.07, 6.45) is 2.14. The Morgan fingerprint density at radius 2 is 1.91 bits per heavy atom. The minimum atomic E-state index is -0.582. The van der Waals surface area contributed by atoms with Crippen molar-refractivity contribution in [2.24, 2.45) is 11.8 Å². The van der Waals surface area contributed by atoms with Gasteiger partial charge in [0.15, 0.2) is 11.6 Å². The molecule has 0 amide bonds. The molecule has 4 fully saturated rings. The second-order valence-electron chi connectivity index (χ2n) is 6.58. The molecule has 5 nitrogen and oxygen atoms in total. The fourth-order valence-corrected chi connectivity index (χ4v) is 4.16. The van der Waals surface area contributed by atoms with Crippen LogP contribution in [0.3, 0.4) is 0 Å². The highest BCUT2D eigenvalue weighted by Gasteiger charge is 2.60. The van der Waals surface area contributed by atoms with Crippen molar-refractivity contribution in [3.63, 3.8) is 0 Å². The molecule has 2 bridgehead atoms. The van der Waals surface area contributed by atoms with Crippen molar-refractivity contribution in [1.82, 2.24) is 0 Å². The van der Waals surface area contributed by atoms with E-state index in [0.717, 1.165) is 24.2 Å². The van der Waals surface area contributed by atoms with Gasteiger partial charge in [-0.2, -0.15) is 0 Å². The molecule has 0 radical (unpaired) electrons. The SMILES string of the molecule is COc1ccc(CO[C@H]2C(=O)[C@H]3CC[C@@H]2C2(C3)OCCO2)cc1. The van der Waals surface area contributed by atoms with Crippen molar-refractivity contribution in [3.05, 3.63) is 29.8 Å². The van der Waals surface area contributed by atoms with E-state index in [9.17, 15) is 4.79 Å². The summed E-state index contributed by atoms with van der Waals surface area (Å²) in [5.41, 5.74) is 1.03. The van der Waals surface area contributed by atoms with Gasteiger partial charge in [0.25, 0.3) is 0 Å². The Bertz CT molecular complexity index is 576. The van der Waals surface area contributed by atoms with Crippen LogP contribution < -0.4 is 4.74 Å². The Labute approximate surface area is 135 Å². The van der Waals surface area contributed by atoms with Gasteiger partial charge in [0.05, 0.1) is 26.9 Å². The zero-order valence-electron chi connectivity index (χ0n) is 13.3. The number of carbonyl (C=O) groups excluding carboxylic acids is 1. The van der Waals surface area contributed by atoms with Gasteiger partial charge in [0.1, 0.15) is 11.9 Å². The van der Waals surface area contributed by atoms with Crippen molar-refractivity contribution in [3.8, 4) is 5.75 Å². The van der Waals surface area contributed by atoms with Gasteiger partial charge in [0, 0.05) is 18.3 Å². The number of Topliss-reactive ketones (excluding diaryl/α,β-unsaturated/α-hetero) is 1. The topological polar surface area (TPSA) is 54.0 Å². The molecule has 3 aliphatic carbocycles. The number of fused-ring (bicyclic) bond motifs is 2. The highest BCUT2D eigenvalue weighted by molar-refractivity contribution is 5.87. The molecule has 3 atom stereocenters. The highest BCUT2D eigenvalue weighted by atomic mass is 16.7. The lowest BCUT2D eigenvalue weighted by atomic mass is 9.64. The lowest BCUT2D eigenvalue weighted by Crippen LogP contribution is -2.60. The summed E-state index contributed by atoms with van der Waals surface area (Å²) >= 11 is 0. The van der Waals surface area contributed by atoms with E-state index in [2.05, 4.69) is 0 Å². The van der Waals surface area contributed by atoms with Crippen molar-refractivity contribution < 1.29 is 23.7 Å². The normalized spacial score (nSPS) is 31.7. The minimum absolute atomic E-state index is 0.0129. The molecule has 1 spiro atoms. The molecule has 4 aliphatic rings. The summed E-state index contributed by atoms with van der Waals surface area (Å²) < 4.78 is 23.0. The molecule has 0 unspecified atom stereocenters. The van der Waals surface area contributed by atoms with Gasteiger partial charge in [-0.1, -0.05) is 12.1 Å². The Morgan fingerprint density at radius 3 is 2.61 bits per heavy atom. The van der Waals surface area contributed by atoms with Crippen LogP contribution in [0.5, 0.6) is 5.75 Å². The first-order valence-electron chi connectivity index (χ1n) is 8.28. The molecule has 1 aromatic carbocycles. The number of hydrogen-bond donors (Lipinski definition) is 0. The van der Waals surface area contributed by atoms with Crippen molar-refractivity contribution in [2.75, 3.05) is 20.3 Å². The van der Waals surface area contributed by atoms with E-state index in [0.29, 0.717) is 26.2 Å². The molecule has 1 saturated heterocycles. The van der Waals surface area contributed by atoms with Crippen LogP contribution in [0.4, 0.5) is 0 Å². The van der Waals surface area contributed by atoms with Crippen LogP contribution in [0.15, 0.2) is 24.3 Å². The zero-order valence-corrected chi connectivity index (χ0v) is 13.3. The third-order valence-corrected chi connectivity index (χ3v) is 5.33. The fourth-order valence-electron chi connectivity index (χ4n) is 4.16. The number of rotatable bonds is 4. The summed E-state index contributed by atoms with van der Waals surface area (Å²) in [6.45, 7) is 1.64. The third-order valence-electron chi connectivity index (χ3n) is 5.33. The van der Waals surface area contributed by atoms with E-state index < -0.39 is 11.9 Å². The minimum Gasteiger partial charge on any atom is -0.497 e. The molecule has 23 heavy (non-hydrogen) atoms. The maximum Gasteiger partial charge on any atom is 0.174 e. The lowest BCUT2D eigenvalue weighted by molar-refractivity contribution is -0.261. The Balaban J connectivity index is 1.47. The first-order chi connectivity index (χ1) is 11.2. The van der Waals surface area contributed by atoms with Crippen molar-refractivity contribution >= 4 is 5.78 Å². The molecule has 1 heterocycles. The number of benzene rings is 1. The molecule has 5 heteroatoms. The molecule has 0 aromatic heterocycles. The summed E-state index contributed by atoms with van der Waals surface area (Å²) in [7, 11) is 1.64. The van der Waals surface area contributed by atoms with Crippen LogP contribution in [0.25, 0.3) is 0 Å². The number of hydrogen-bond acceptors (Lipinski definition) is 5. The lowest BCUT2D eigenvalue weighted by Gasteiger charge is -2.50. The highest BCUT2D eigenvalue weighted by Crippen LogP contribution is 2.50. The number of methoxy groups -OCH3 is 1. The largest absolute Gasteiger partial charge is 0.497 e. The smallest absolute Gasteiger partial charge is 0.174 e. The number of ether oxygens (including phenoxy) is 4. The van der Waals surface area contributed by atoms with Crippen LogP contribution in [-0.4, -0.2) is 38.0 Å². The first-order valence-corrected chi connectivity index (χ1v) is 8.28. The molecule has 1 aliphatic heterocycles. The van der Waals surface area contributed by atoms with Gasteiger partial charge in [-0.15, -0.1) is 0 Å². The predicted octanol–water partition coefficient (Wildman–Crippen LogP) is 2.32. The number of carbonyl (C=O) groups is 1. The van der Waals surface area contributed by atoms with Gasteiger partial charge in [0.2, 0.25) is 0 Å². The predicted molar refractivity (Wildman–Crippen MR) is 82.0 cm³/mol. The molecule has 0 N–H and O–H groups in total. The molecule has 3 saturated carbocycles. The van der Waals surface area contributed by atoms with Crippen LogP contribution in [-0.2, 0) is 25.6 Å². The zero-order chi connectivity index (χ0) is 15.9. The Kier molecular flexibility index (Phi) is 3.87. The van der Waals surface area contributed by atoms with E-state index in [4.69, 9.17) is 18.9 Å². The van der Waals surface area contributed by atoms with Gasteiger partial charge in [-0.05, 0) is 30.5 Å². The van der Waals surface area contributed by atoms with Gasteiger partial charge in [-0.3, -0.25) is 4.79 Å². The molecular formula is C18H22O5. The van der Waals surface area contributed by atoms with Gasteiger partial charge < -0.3 is 18.9 Å².